The van der Waals surface area contributed by atoms with Crippen molar-refractivity contribution in [1.82, 2.24) is 14.8 Å². The van der Waals surface area contributed by atoms with Crippen LogP contribution in [0.25, 0.3) is 0 Å². The first kappa shape index (κ1) is 15.6. The summed E-state index contributed by atoms with van der Waals surface area (Å²) < 4.78 is 2.43. The Morgan fingerprint density at radius 2 is 2.00 bits per heavy atom. The van der Waals surface area contributed by atoms with Crippen LogP contribution in [0.15, 0.2) is 46.9 Å². The van der Waals surface area contributed by atoms with Crippen LogP contribution in [0.5, 0.6) is 0 Å². The number of rotatable bonds is 5. The van der Waals surface area contributed by atoms with Gasteiger partial charge in [0.2, 0.25) is 0 Å². The predicted octanol–water partition coefficient (Wildman–Crippen LogP) is 5.44. The normalized spacial score (nSPS) is 19.8. The molecule has 0 amide bonds. The Morgan fingerprint density at radius 3 is 2.84 bits per heavy atom. The van der Waals surface area contributed by atoms with Crippen LogP contribution in [-0.4, -0.2) is 14.8 Å². The standard InChI is InChI=1S/C20H21N3S2/c1-2-8-17-14(5-1)6-3-9-18(17)25-20-22-21-19(23(20)15-10-11-15)13-16-7-4-12-24-16/h1-2,4-5,7-8,12,15,18H,3,6,9-11,13H2. The highest BCUT2D eigenvalue weighted by molar-refractivity contribution is 7.99. The Labute approximate surface area is 156 Å². The summed E-state index contributed by atoms with van der Waals surface area (Å²) in [5.41, 5.74) is 3.02. The molecule has 0 aliphatic heterocycles. The molecule has 0 radical (unpaired) electrons. The lowest BCUT2D eigenvalue weighted by Gasteiger charge is -2.24. The number of hydrogen-bond acceptors (Lipinski definition) is 4. The molecule has 1 aromatic carbocycles. The molecule has 3 nitrogen and oxygen atoms in total. The number of hydrogen-bond donors (Lipinski definition) is 0. The molecule has 2 heterocycles. The van der Waals surface area contributed by atoms with E-state index in [4.69, 9.17) is 0 Å². The van der Waals surface area contributed by atoms with Crippen molar-refractivity contribution in [2.45, 2.75) is 55.0 Å². The fourth-order valence-corrected chi connectivity index (χ4v) is 5.79. The quantitative estimate of drug-likeness (QED) is 0.602. The van der Waals surface area contributed by atoms with Crippen LogP contribution < -0.4 is 0 Å². The molecule has 5 heteroatoms. The number of nitrogens with zero attached hydrogens (tertiary/aromatic N) is 3. The van der Waals surface area contributed by atoms with Crippen LogP contribution in [0.4, 0.5) is 0 Å². The van der Waals surface area contributed by atoms with Gasteiger partial charge < -0.3 is 4.57 Å². The maximum atomic E-state index is 4.61. The lowest BCUT2D eigenvalue weighted by molar-refractivity contribution is 0.626. The first-order valence-corrected chi connectivity index (χ1v) is 10.8. The fourth-order valence-electron chi connectivity index (χ4n) is 3.74. The molecule has 1 atom stereocenters. The van der Waals surface area contributed by atoms with E-state index in [2.05, 4.69) is 56.5 Å². The number of benzene rings is 1. The number of fused-ring (bicyclic) bond motifs is 1. The Bertz CT molecular complexity index is 865. The summed E-state index contributed by atoms with van der Waals surface area (Å²) in [6.45, 7) is 0. The van der Waals surface area contributed by atoms with Crippen LogP contribution in [0.1, 0.15) is 58.8 Å². The van der Waals surface area contributed by atoms with Gasteiger partial charge >= 0.3 is 0 Å². The third-order valence-corrected chi connectivity index (χ3v) is 7.26. The maximum Gasteiger partial charge on any atom is 0.192 e. The molecule has 0 saturated heterocycles. The monoisotopic (exact) mass is 367 g/mol. The van der Waals surface area contributed by atoms with Crippen LogP contribution >= 0.6 is 23.1 Å². The molecule has 2 aromatic heterocycles. The van der Waals surface area contributed by atoms with Gasteiger partial charge in [-0.2, -0.15) is 0 Å². The van der Waals surface area contributed by atoms with E-state index in [9.17, 15) is 0 Å². The minimum absolute atomic E-state index is 0.515. The van der Waals surface area contributed by atoms with Crippen molar-refractivity contribution < 1.29 is 0 Å². The molecule has 2 aliphatic rings. The Hall–Kier alpha value is -1.59. The van der Waals surface area contributed by atoms with Crippen LogP contribution in [0, 0.1) is 0 Å². The Balaban J connectivity index is 1.44. The van der Waals surface area contributed by atoms with Gasteiger partial charge in [0.05, 0.1) is 0 Å². The SMILES string of the molecule is c1csc(Cc2nnc(SC3CCCc4ccccc43)n2C2CC2)c1. The lowest BCUT2D eigenvalue weighted by atomic mass is 9.91. The van der Waals surface area contributed by atoms with Crippen LogP contribution in [0.3, 0.4) is 0 Å². The second-order valence-electron chi connectivity index (χ2n) is 6.95. The molecular formula is C20H21N3S2. The molecule has 1 unspecified atom stereocenters. The van der Waals surface area contributed by atoms with E-state index < -0.39 is 0 Å². The summed E-state index contributed by atoms with van der Waals surface area (Å²) in [5.74, 6) is 1.14. The highest BCUT2D eigenvalue weighted by atomic mass is 32.2. The van der Waals surface area contributed by atoms with E-state index in [0.717, 1.165) is 17.4 Å². The molecular weight excluding hydrogens is 346 g/mol. The highest BCUT2D eigenvalue weighted by Gasteiger charge is 2.31. The lowest BCUT2D eigenvalue weighted by Crippen LogP contribution is -2.09. The van der Waals surface area contributed by atoms with Gasteiger partial charge in [-0.3, -0.25) is 0 Å². The van der Waals surface area contributed by atoms with Gasteiger partial charge in [-0.05, 0) is 54.7 Å². The average Bonchev–Trinajstić information content (AvgIpc) is 3.20. The minimum Gasteiger partial charge on any atom is -0.303 e. The van der Waals surface area contributed by atoms with Crippen LogP contribution in [-0.2, 0) is 12.8 Å². The van der Waals surface area contributed by atoms with Crippen molar-refractivity contribution in [2.75, 3.05) is 0 Å². The van der Waals surface area contributed by atoms with E-state index in [0.29, 0.717) is 11.3 Å². The van der Waals surface area contributed by atoms with E-state index in [1.54, 1.807) is 11.3 Å². The summed E-state index contributed by atoms with van der Waals surface area (Å²) >= 11 is 3.73. The second kappa shape index (κ2) is 6.61. The molecule has 0 N–H and O–H groups in total. The van der Waals surface area contributed by atoms with Gasteiger partial charge in [0.1, 0.15) is 5.82 Å². The molecule has 2 aliphatic carbocycles. The largest absolute Gasteiger partial charge is 0.303 e. The van der Waals surface area contributed by atoms with Crippen LogP contribution in [0.2, 0.25) is 0 Å². The molecule has 5 rings (SSSR count). The van der Waals surface area contributed by atoms with Crippen molar-refractivity contribution in [3.05, 3.63) is 63.6 Å². The van der Waals surface area contributed by atoms with Crippen molar-refractivity contribution in [3.63, 3.8) is 0 Å². The molecule has 1 fully saturated rings. The van der Waals surface area contributed by atoms with Gasteiger partial charge in [-0.1, -0.05) is 42.1 Å². The molecule has 25 heavy (non-hydrogen) atoms. The molecule has 128 valence electrons. The zero-order chi connectivity index (χ0) is 16.6. The third kappa shape index (κ3) is 3.15. The van der Waals surface area contributed by atoms with Crippen molar-refractivity contribution >= 4 is 23.1 Å². The van der Waals surface area contributed by atoms with E-state index in [-0.39, 0.29) is 0 Å². The van der Waals surface area contributed by atoms with Gasteiger partial charge in [0, 0.05) is 22.6 Å². The first-order chi connectivity index (χ1) is 12.4. The highest BCUT2D eigenvalue weighted by Crippen LogP contribution is 2.46. The van der Waals surface area contributed by atoms with Crippen molar-refractivity contribution in [3.8, 4) is 0 Å². The summed E-state index contributed by atoms with van der Waals surface area (Å²) in [4.78, 5) is 1.37. The zero-order valence-electron chi connectivity index (χ0n) is 14.1. The minimum atomic E-state index is 0.515. The van der Waals surface area contributed by atoms with Crippen molar-refractivity contribution in [2.24, 2.45) is 0 Å². The van der Waals surface area contributed by atoms with E-state index in [1.165, 1.54) is 48.1 Å². The van der Waals surface area contributed by atoms with E-state index >= 15 is 0 Å². The number of aryl methyl sites for hydroxylation is 1. The number of thiophene rings is 1. The average molecular weight is 368 g/mol. The summed E-state index contributed by atoms with van der Waals surface area (Å²) in [5, 5.41) is 13.0. The molecule has 1 saturated carbocycles. The summed E-state index contributed by atoms with van der Waals surface area (Å²) in [7, 11) is 0. The fraction of sp³-hybridized carbons (Fsp3) is 0.400. The Kier molecular flexibility index (Phi) is 4.14. The maximum absolute atomic E-state index is 4.61. The topological polar surface area (TPSA) is 30.7 Å². The molecule has 0 bridgehead atoms. The van der Waals surface area contributed by atoms with E-state index in [1.807, 2.05) is 11.8 Å². The molecule has 0 spiro atoms. The molecule has 3 aromatic rings. The summed E-state index contributed by atoms with van der Waals surface area (Å²) in [6, 6.07) is 13.9. The third-order valence-electron chi connectivity index (χ3n) is 5.12. The van der Waals surface area contributed by atoms with Gasteiger partial charge in [-0.25, -0.2) is 0 Å². The smallest absolute Gasteiger partial charge is 0.192 e. The van der Waals surface area contributed by atoms with Gasteiger partial charge in [0.25, 0.3) is 0 Å². The zero-order valence-corrected chi connectivity index (χ0v) is 15.7. The number of thioether (sulfide) groups is 1. The number of aromatic nitrogens is 3. The summed E-state index contributed by atoms with van der Waals surface area (Å²) in [6.07, 6.45) is 7.16. The second-order valence-corrected chi connectivity index (χ2v) is 9.16. The van der Waals surface area contributed by atoms with Gasteiger partial charge in [-0.15, -0.1) is 21.5 Å². The van der Waals surface area contributed by atoms with Gasteiger partial charge in [0.15, 0.2) is 5.16 Å². The Morgan fingerprint density at radius 1 is 1.08 bits per heavy atom. The predicted molar refractivity (Wildman–Crippen MR) is 103 cm³/mol. The first-order valence-electron chi connectivity index (χ1n) is 9.09. The van der Waals surface area contributed by atoms with Crippen molar-refractivity contribution in [1.29, 1.82) is 0 Å².